The number of rotatable bonds is 4. The fourth-order valence-electron chi connectivity index (χ4n) is 2.97. The largest absolute Gasteiger partial charge is 0.378 e. The number of anilines is 1. The Hall–Kier alpha value is -3.45. The second kappa shape index (κ2) is 8.06. The number of nitrogens with zero attached hydrogens (tertiary/aromatic N) is 2. The van der Waals surface area contributed by atoms with Gasteiger partial charge in [0.15, 0.2) is 0 Å². The number of ether oxygens (including phenoxy) is 1. The van der Waals surface area contributed by atoms with E-state index in [1.165, 1.54) is 0 Å². The molecule has 0 bridgehead atoms. The standard InChI is InChI=1S/C21H19N3O4/c25-20(19-14-18(23-28-19)15-4-2-1-3-5-15)22-17-8-6-16(7-9-17)21(26)24-10-12-27-13-11-24/h1-9,14H,10-13H2,(H,22,25). The fraction of sp³-hybridized carbons (Fsp3) is 0.190. The summed E-state index contributed by atoms with van der Waals surface area (Å²) in [5, 5.41) is 6.69. The molecule has 2 aromatic carbocycles. The predicted molar refractivity (Wildman–Crippen MR) is 103 cm³/mol. The van der Waals surface area contributed by atoms with Gasteiger partial charge < -0.3 is 19.5 Å². The van der Waals surface area contributed by atoms with E-state index in [-0.39, 0.29) is 11.7 Å². The van der Waals surface area contributed by atoms with Crippen molar-refractivity contribution < 1.29 is 18.8 Å². The van der Waals surface area contributed by atoms with Gasteiger partial charge in [-0.3, -0.25) is 9.59 Å². The molecule has 7 nitrogen and oxygen atoms in total. The number of morpholine rings is 1. The van der Waals surface area contributed by atoms with Crippen molar-refractivity contribution in [2.45, 2.75) is 0 Å². The number of hydrogen-bond donors (Lipinski definition) is 1. The van der Waals surface area contributed by atoms with E-state index in [0.717, 1.165) is 5.56 Å². The summed E-state index contributed by atoms with van der Waals surface area (Å²) in [6.07, 6.45) is 0. The third-order valence-corrected chi connectivity index (χ3v) is 4.49. The molecule has 2 amide bonds. The van der Waals surface area contributed by atoms with Crippen LogP contribution in [-0.4, -0.2) is 48.2 Å². The van der Waals surface area contributed by atoms with Crippen molar-refractivity contribution in [1.82, 2.24) is 10.1 Å². The van der Waals surface area contributed by atoms with Crippen molar-refractivity contribution in [1.29, 1.82) is 0 Å². The van der Waals surface area contributed by atoms with Crippen LogP contribution in [0.2, 0.25) is 0 Å². The highest BCUT2D eigenvalue weighted by Crippen LogP contribution is 2.20. The maximum atomic E-state index is 12.5. The van der Waals surface area contributed by atoms with Crippen molar-refractivity contribution in [3.63, 3.8) is 0 Å². The first-order chi connectivity index (χ1) is 13.7. The molecule has 142 valence electrons. The molecule has 1 aromatic heterocycles. The lowest BCUT2D eigenvalue weighted by atomic mass is 10.1. The van der Waals surface area contributed by atoms with Crippen LogP contribution >= 0.6 is 0 Å². The summed E-state index contributed by atoms with van der Waals surface area (Å²) in [7, 11) is 0. The topological polar surface area (TPSA) is 84.7 Å². The molecule has 3 aromatic rings. The molecule has 1 aliphatic rings. The summed E-state index contributed by atoms with van der Waals surface area (Å²) in [6.45, 7) is 2.29. The molecule has 2 heterocycles. The first-order valence-electron chi connectivity index (χ1n) is 9.01. The lowest BCUT2D eigenvalue weighted by molar-refractivity contribution is 0.0303. The average Bonchev–Trinajstić information content (AvgIpc) is 3.26. The first kappa shape index (κ1) is 17.9. The van der Waals surface area contributed by atoms with Gasteiger partial charge in [0, 0.05) is 36.0 Å². The Morgan fingerprint density at radius 3 is 2.39 bits per heavy atom. The highest BCUT2D eigenvalue weighted by Gasteiger charge is 2.19. The second-order valence-electron chi connectivity index (χ2n) is 6.38. The summed E-state index contributed by atoms with van der Waals surface area (Å²) in [5.41, 5.74) is 2.61. The number of carbonyl (C=O) groups is 2. The fourth-order valence-corrected chi connectivity index (χ4v) is 2.97. The quantitative estimate of drug-likeness (QED) is 0.755. The average molecular weight is 377 g/mol. The summed E-state index contributed by atoms with van der Waals surface area (Å²) in [4.78, 5) is 26.6. The van der Waals surface area contributed by atoms with Gasteiger partial charge in [-0.25, -0.2) is 0 Å². The number of amides is 2. The number of nitrogens with one attached hydrogen (secondary N) is 1. The molecule has 1 N–H and O–H groups in total. The highest BCUT2D eigenvalue weighted by molar-refractivity contribution is 6.03. The molecule has 0 radical (unpaired) electrons. The van der Waals surface area contributed by atoms with Crippen molar-refractivity contribution in [2.24, 2.45) is 0 Å². The lowest BCUT2D eigenvalue weighted by Crippen LogP contribution is -2.40. The van der Waals surface area contributed by atoms with Crippen LogP contribution in [0, 0.1) is 0 Å². The molecular formula is C21H19N3O4. The lowest BCUT2D eigenvalue weighted by Gasteiger charge is -2.26. The third-order valence-electron chi connectivity index (χ3n) is 4.49. The first-order valence-corrected chi connectivity index (χ1v) is 9.01. The molecule has 7 heteroatoms. The van der Waals surface area contributed by atoms with Crippen LogP contribution in [-0.2, 0) is 4.74 Å². The molecule has 28 heavy (non-hydrogen) atoms. The van der Waals surface area contributed by atoms with Crippen LogP contribution < -0.4 is 5.32 Å². The Kier molecular flexibility index (Phi) is 5.16. The van der Waals surface area contributed by atoms with E-state index in [1.54, 1.807) is 35.2 Å². The van der Waals surface area contributed by atoms with Crippen LogP contribution in [0.1, 0.15) is 20.9 Å². The summed E-state index contributed by atoms with van der Waals surface area (Å²) >= 11 is 0. The van der Waals surface area contributed by atoms with Crippen LogP contribution in [0.3, 0.4) is 0 Å². The predicted octanol–water partition coefficient (Wildman–Crippen LogP) is 3.07. The van der Waals surface area contributed by atoms with Gasteiger partial charge in [-0.15, -0.1) is 0 Å². The number of carbonyl (C=O) groups excluding carboxylic acids is 2. The van der Waals surface area contributed by atoms with Gasteiger partial charge in [0.1, 0.15) is 5.69 Å². The minimum Gasteiger partial charge on any atom is -0.378 e. The molecule has 0 unspecified atom stereocenters. The third kappa shape index (κ3) is 3.94. The molecule has 0 spiro atoms. The monoisotopic (exact) mass is 377 g/mol. The Morgan fingerprint density at radius 2 is 1.68 bits per heavy atom. The van der Waals surface area contributed by atoms with E-state index in [0.29, 0.717) is 43.2 Å². The molecule has 1 saturated heterocycles. The highest BCUT2D eigenvalue weighted by atomic mass is 16.5. The zero-order chi connectivity index (χ0) is 19.3. The van der Waals surface area contributed by atoms with Gasteiger partial charge in [0.25, 0.3) is 11.8 Å². The summed E-state index contributed by atoms with van der Waals surface area (Å²) in [6, 6.07) is 17.9. The molecular weight excluding hydrogens is 358 g/mol. The molecule has 1 aliphatic heterocycles. The maximum Gasteiger partial charge on any atom is 0.294 e. The van der Waals surface area contributed by atoms with Crippen LogP contribution in [0.5, 0.6) is 0 Å². The van der Waals surface area contributed by atoms with E-state index in [1.807, 2.05) is 30.3 Å². The zero-order valence-electron chi connectivity index (χ0n) is 15.1. The Morgan fingerprint density at radius 1 is 0.964 bits per heavy atom. The van der Waals surface area contributed by atoms with E-state index < -0.39 is 5.91 Å². The summed E-state index contributed by atoms with van der Waals surface area (Å²) in [5.74, 6) is -0.321. The van der Waals surface area contributed by atoms with Gasteiger partial charge in [-0.05, 0) is 24.3 Å². The normalized spacial score (nSPS) is 13.9. The molecule has 1 fully saturated rings. The van der Waals surface area contributed by atoms with Crippen molar-refractivity contribution in [3.8, 4) is 11.3 Å². The Balaban J connectivity index is 1.41. The van der Waals surface area contributed by atoms with Gasteiger partial charge in [0.05, 0.1) is 13.2 Å². The maximum absolute atomic E-state index is 12.5. The smallest absolute Gasteiger partial charge is 0.294 e. The van der Waals surface area contributed by atoms with E-state index in [4.69, 9.17) is 9.26 Å². The molecule has 0 atom stereocenters. The van der Waals surface area contributed by atoms with Gasteiger partial charge >= 0.3 is 0 Å². The SMILES string of the molecule is O=C(Nc1ccc(C(=O)N2CCOCC2)cc1)c1cc(-c2ccccc2)no1. The molecule has 4 rings (SSSR count). The minimum atomic E-state index is -0.401. The van der Waals surface area contributed by atoms with Crippen LogP contribution in [0.25, 0.3) is 11.3 Å². The number of aromatic nitrogens is 1. The minimum absolute atomic E-state index is 0.0380. The van der Waals surface area contributed by atoms with Gasteiger partial charge in [0.2, 0.25) is 5.76 Å². The van der Waals surface area contributed by atoms with Crippen molar-refractivity contribution >= 4 is 17.5 Å². The zero-order valence-corrected chi connectivity index (χ0v) is 15.1. The van der Waals surface area contributed by atoms with Gasteiger partial charge in [-0.1, -0.05) is 35.5 Å². The van der Waals surface area contributed by atoms with Gasteiger partial charge in [-0.2, -0.15) is 0 Å². The van der Waals surface area contributed by atoms with E-state index in [9.17, 15) is 9.59 Å². The molecule has 0 aliphatic carbocycles. The van der Waals surface area contributed by atoms with Crippen LogP contribution in [0.4, 0.5) is 5.69 Å². The van der Waals surface area contributed by atoms with E-state index >= 15 is 0 Å². The van der Waals surface area contributed by atoms with Crippen molar-refractivity contribution in [2.75, 3.05) is 31.6 Å². The second-order valence-corrected chi connectivity index (χ2v) is 6.38. The van der Waals surface area contributed by atoms with Crippen molar-refractivity contribution in [3.05, 3.63) is 72.0 Å². The number of hydrogen-bond acceptors (Lipinski definition) is 5. The van der Waals surface area contributed by atoms with E-state index in [2.05, 4.69) is 10.5 Å². The Bertz CT molecular complexity index is 961. The van der Waals surface area contributed by atoms with Crippen LogP contribution in [0.15, 0.2) is 65.2 Å². The summed E-state index contributed by atoms with van der Waals surface area (Å²) < 4.78 is 10.4. The Labute approximate surface area is 161 Å². The molecule has 0 saturated carbocycles. The number of benzene rings is 2.